The third kappa shape index (κ3) is 1.62. The molecule has 0 aromatic carbocycles. The van der Waals surface area contributed by atoms with E-state index in [9.17, 15) is 0 Å². The number of aromatic nitrogens is 2. The fourth-order valence-electron chi connectivity index (χ4n) is 0.811. The standard InChI is InChI=1S/C7H7N3OS/c1-6(4-12-10-1)9-3-7-2-8-5-11-7/h1-2,4-5,9H,3H2. The van der Waals surface area contributed by atoms with Crippen LogP contribution in [0.5, 0.6) is 0 Å². The molecule has 5 heteroatoms. The molecule has 0 atom stereocenters. The molecule has 2 heterocycles. The Morgan fingerprint density at radius 1 is 1.50 bits per heavy atom. The number of oxazole rings is 1. The molecule has 2 aromatic rings. The second-order valence-electron chi connectivity index (χ2n) is 2.23. The summed E-state index contributed by atoms with van der Waals surface area (Å²) in [5.41, 5.74) is 1.01. The van der Waals surface area contributed by atoms with Gasteiger partial charge in [-0.3, -0.25) is 0 Å². The molecule has 4 nitrogen and oxygen atoms in total. The number of nitrogens with one attached hydrogen (secondary N) is 1. The Kier molecular flexibility index (Phi) is 2.04. The van der Waals surface area contributed by atoms with Crippen molar-refractivity contribution in [3.63, 3.8) is 0 Å². The van der Waals surface area contributed by atoms with Crippen LogP contribution in [0, 0.1) is 0 Å². The van der Waals surface area contributed by atoms with E-state index in [1.54, 1.807) is 12.4 Å². The number of hydrogen-bond donors (Lipinski definition) is 1. The van der Waals surface area contributed by atoms with Crippen molar-refractivity contribution in [2.24, 2.45) is 0 Å². The molecule has 0 saturated carbocycles. The highest BCUT2D eigenvalue weighted by atomic mass is 32.1. The average molecular weight is 181 g/mol. The molecule has 0 saturated heterocycles. The maximum Gasteiger partial charge on any atom is 0.180 e. The first-order valence-corrected chi connectivity index (χ1v) is 4.29. The molecule has 0 bridgehead atoms. The zero-order chi connectivity index (χ0) is 8.23. The molecule has 0 aliphatic heterocycles. The van der Waals surface area contributed by atoms with Gasteiger partial charge in [0.1, 0.15) is 5.76 Å². The van der Waals surface area contributed by atoms with Crippen LogP contribution < -0.4 is 5.32 Å². The first-order chi connectivity index (χ1) is 5.95. The van der Waals surface area contributed by atoms with E-state index in [1.807, 2.05) is 5.38 Å². The maximum atomic E-state index is 5.04. The highest BCUT2D eigenvalue weighted by Gasteiger charge is 1.96. The summed E-state index contributed by atoms with van der Waals surface area (Å²) in [6.45, 7) is 0.651. The van der Waals surface area contributed by atoms with E-state index in [0.29, 0.717) is 6.54 Å². The average Bonchev–Trinajstić information content (AvgIpc) is 2.74. The molecule has 2 aromatic heterocycles. The second-order valence-corrected chi connectivity index (χ2v) is 2.89. The summed E-state index contributed by atoms with van der Waals surface area (Å²) in [7, 11) is 0. The van der Waals surface area contributed by atoms with E-state index in [2.05, 4.69) is 14.7 Å². The molecule has 0 aliphatic carbocycles. The Balaban J connectivity index is 1.91. The Bertz CT molecular complexity index is 282. The smallest absolute Gasteiger partial charge is 0.180 e. The summed E-state index contributed by atoms with van der Waals surface area (Å²) < 4.78 is 9.00. The SMILES string of the molecule is c1ncc(CNc2cnsc2)o1. The number of nitrogens with zero attached hydrogens (tertiary/aromatic N) is 2. The maximum absolute atomic E-state index is 5.04. The second kappa shape index (κ2) is 3.36. The van der Waals surface area contributed by atoms with Crippen molar-refractivity contribution in [3.8, 4) is 0 Å². The van der Waals surface area contributed by atoms with Gasteiger partial charge in [0, 0.05) is 5.38 Å². The van der Waals surface area contributed by atoms with E-state index >= 15 is 0 Å². The van der Waals surface area contributed by atoms with Gasteiger partial charge in [0.15, 0.2) is 6.39 Å². The summed E-state index contributed by atoms with van der Waals surface area (Å²) in [4.78, 5) is 3.80. The van der Waals surface area contributed by atoms with Crippen molar-refractivity contribution in [1.82, 2.24) is 9.36 Å². The lowest BCUT2D eigenvalue weighted by Crippen LogP contribution is -1.95. The number of rotatable bonds is 3. The molecule has 1 N–H and O–H groups in total. The lowest BCUT2D eigenvalue weighted by atomic mass is 10.5. The Labute approximate surface area is 73.4 Å². The number of anilines is 1. The third-order valence-electron chi connectivity index (χ3n) is 1.38. The predicted molar refractivity (Wildman–Crippen MR) is 45.9 cm³/mol. The highest BCUT2D eigenvalue weighted by molar-refractivity contribution is 7.04. The van der Waals surface area contributed by atoms with Crippen LogP contribution in [-0.4, -0.2) is 9.36 Å². The van der Waals surface area contributed by atoms with Gasteiger partial charge < -0.3 is 9.73 Å². The monoisotopic (exact) mass is 181 g/mol. The van der Waals surface area contributed by atoms with E-state index in [4.69, 9.17) is 4.42 Å². The summed E-state index contributed by atoms with van der Waals surface area (Å²) in [5.74, 6) is 0.821. The Morgan fingerprint density at radius 2 is 2.50 bits per heavy atom. The van der Waals surface area contributed by atoms with E-state index in [0.717, 1.165) is 11.4 Å². The first kappa shape index (κ1) is 7.30. The minimum Gasteiger partial charge on any atom is -0.447 e. The van der Waals surface area contributed by atoms with Crippen LogP contribution in [0.3, 0.4) is 0 Å². The van der Waals surface area contributed by atoms with Crippen LogP contribution in [0.25, 0.3) is 0 Å². The van der Waals surface area contributed by atoms with E-state index < -0.39 is 0 Å². The molecular weight excluding hydrogens is 174 g/mol. The quantitative estimate of drug-likeness (QED) is 0.783. The first-order valence-electron chi connectivity index (χ1n) is 3.46. The van der Waals surface area contributed by atoms with Crippen molar-refractivity contribution in [2.45, 2.75) is 6.54 Å². The lowest BCUT2D eigenvalue weighted by Gasteiger charge is -1.97. The fourth-order valence-corrected chi connectivity index (χ4v) is 1.30. The van der Waals surface area contributed by atoms with Gasteiger partial charge in [0.2, 0.25) is 0 Å². The molecule has 0 aliphatic rings. The normalized spacial score (nSPS) is 10.0. The van der Waals surface area contributed by atoms with Gasteiger partial charge in [-0.15, -0.1) is 0 Å². The van der Waals surface area contributed by atoms with Crippen molar-refractivity contribution in [1.29, 1.82) is 0 Å². The van der Waals surface area contributed by atoms with Gasteiger partial charge in [0.25, 0.3) is 0 Å². The summed E-state index contributed by atoms with van der Waals surface area (Å²) in [6.07, 6.45) is 4.89. The molecule has 0 radical (unpaired) electrons. The van der Waals surface area contributed by atoms with Gasteiger partial charge in [-0.05, 0) is 11.5 Å². The van der Waals surface area contributed by atoms with Crippen LogP contribution in [0.1, 0.15) is 5.76 Å². The van der Waals surface area contributed by atoms with Crippen molar-refractivity contribution >= 4 is 17.2 Å². The van der Waals surface area contributed by atoms with Crippen LogP contribution in [0.2, 0.25) is 0 Å². The van der Waals surface area contributed by atoms with E-state index in [1.165, 1.54) is 17.9 Å². The molecule has 2 rings (SSSR count). The molecule has 0 amide bonds. The summed E-state index contributed by atoms with van der Waals surface area (Å²) in [5, 5.41) is 5.08. The molecule has 12 heavy (non-hydrogen) atoms. The van der Waals surface area contributed by atoms with E-state index in [-0.39, 0.29) is 0 Å². The van der Waals surface area contributed by atoms with Gasteiger partial charge in [-0.2, -0.15) is 4.37 Å². The molecule has 62 valence electrons. The molecular formula is C7H7N3OS. The molecule has 0 spiro atoms. The Hall–Kier alpha value is -1.36. The van der Waals surface area contributed by atoms with Gasteiger partial charge in [0.05, 0.1) is 24.6 Å². The Morgan fingerprint density at radius 3 is 3.17 bits per heavy atom. The minimum absolute atomic E-state index is 0.651. The minimum atomic E-state index is 0.651. The van der Waals surface area contributed by atoms with Crippen molar-refractivity contribution in [3.05, 3.63) is 29.9 Å². The van der Waals surface area contributed by atoms with Crippen molar-refractivity contribution in [2.75, 3.05) is 5.32 Å². The van der Waals surface area contributed by atoms with Gasteiger partial charge >= 0.3 is 0 Å². The van der Waals surface area contributed by atoms with Gasteiger partial charge in [-0.25, -0.2) is 4.98 Å². The largest absolute Gasteiger partial charge is 0.447 e. The van der Waals surface area contributed by atoms with Crippen LogP contribution >= 0.6 is 11.5 Å². The molecule has 0 unspecified atom stereocenters. The third-order valence-corrected chi connectivity index (χ3v) is 1.97. The van der Waals surface area contributed by atoms with Crippen LogP contribution in [0.4, 0.5) is 5.69 Å². The lowest BCUT2D eigenvalue weighted by molar-refractivity contribution is 0.512. The van der Waals surface area contributed by atoms with Gasteiger partial charge in [-0.1, -0.05) is 0 Å². The zero-order valence-electron chi connectivity index (χ0n) is 6.23. The van der Waals surface area contributed by atoms with Crippen molar-refractivity contribution < 1.29 is 4.42 Å². The topological polar surface area (TPSA) is 51.0 Å². The zero-order valence-corrected chi connectivity index (χ0v) is 7.04. The number of hydrogen-bond acceptors (Lipinski definition) is 5. The summed E-state index contributed by atoms with van der Waals surface area (Å²) >= 11 is 1.42. The summed E-state index contributed by atoms with van der Waals surface area (Å²) in [6, 6.07) is 0. The van der Waals surface area contributed by atoms with Crippen LogP contribution in [0.15, 0.2) is 28.6 Å². The fraction of sp³-hybridized carbons (Fsp3) is 0.143. The highest BCUT2D eigenvalue weighted by Crippen LogP contribution is 2.09. The predicted octanol–water partition coefficient (Wildman–Crippen LogP) is 1.74. The molecule has 0 fully saturated rings. The van der Waals surface area contributed by atoms with Crippen LogP contribution in [-0.2, 0) is 6.54 Å².